The molecule has 4 nitrogen and oxygen atoms in total. The first kappa shape index (κ1) is 20.6. The fourth-order valence-corrected chi connectivity index (χ4v) is 4.06. The van der Waals surface area contributed by atoms with Crippen molar-refractivity contribution >= 4 is 17.6 Å². The van der Waals surface area contributed by atoms with Crippen LogP contribution in [0.4, 0.5) is 0 Å². The van der Waals surface area contributed by atoms with Crippen LogP contribution in [0.2, 0.25) is 5.02 Å². The molecule has 0 bridgehead atoms. The van der Waals surface area contributed by atoms with Gasteiger partial charge >= 0.3 is 5.97 Å². The SMILES string of the molecule is C[N+]1(C)CCC2(CC1)OC(=O)C(c1ccccc1)(c1cccc(Cl)c1)O2.[I-]. The van der Waals surface area contributed by atoms with Crippen molar-refractivity contribution in [3.8, 4) is 0 Å². The van der Waals surface area contributed by atoms with Crippen molar-refractivity contribution < 1.29 is 42.7 Å². The average Bonchev–Trinajstić information content (AvgIpc) is 2.93. The predicted octanol–water partition coefficient (Wildman–Crippen LogP) is 0.727. The molecule has 2 fully saturated rings. The number of quaternary nitrogens is 1. The number of hydrogen-bond donors (Lipinski definition) is 0. The van der Waals surface area contributed by atoms with Gasteiger partial charge in [0.1, 0.15) is 0 Å². The molecule has 2 aliphatic heterocycles. The highest BCUT2D eigenvalue weighted by atomic mass is 127. The first-order valence-electron chi connectivity index (χ1n) is 8.93. The second kappa shape index (κ2) is 7.35. The normalized spacial score (nSPS) is 25.7. The van der Waals surface area contributed by atoms with Crippen LogP contribution in [0.25, 0.3) is 0 Å². The number of carbonyl (C=O) groups excluding carboxylic acids is 1. The fourth-order valence-electron chi connectivity index (χ4n) is 3.87. The molecule has 0 N–H and O–H groups in total. The van der Waals surface area contributed by atoms with Crippen molar-refractivity contribution in [3.63, 3.8) is 0 Å². The summed E-state index contributed by atoms with van der Waals surface area (Å²) in [5.74, 6) is -1.23. The number of benzene rings is 2. The Labute approximate surface area is 182 Å². The fraction of sp³-hybridized carbons (Fsp3) is 0.381. The molecule has 27 heavy (non-hydrogen) atoms. The van der Waals surface area contributed by atoms with Crippen LogP contribution in [0, 0.1) is 0 Å². The number of carbonyl (C=O) groups is 1. The summed E-state index contributed by atoms with van der Waals surface area (Å²) in [6, 6.07) is 16.8. The second-order valence-electron chi connectivity index (χ2n) is 7.84. The molecule has 6 heteroatoms. The number of piperidine rings is 1. The molecule has 1 spiro atoms. The second-order valence-corrected chi connectivity index (χ2v) is 8.28. The van der Waals surface area contributed by atoms with E-state index in [9.17, 15) is 4.79 Å². The lowest BCUT2D eigenvalue weighted by molar-refractivity contribution is -0.898. The standard InChI is InChI=1S/C21H23ClNO3.HI/c1-23(2)13-11-20(12-14-23)25-19(24)21(26-20,16-7-4-3-5-8-16)17-9-6-10-18(22)15-17;/h3-10,15H,11-14H2,1-2H3;1H/q+1;/p-1. The molecule has 2 heterocycles. The number of halogens is 2. The summed E-state index contributed by atoms with van der Waals surface area (Å²) in [5.41, 5.74) is 0.196. The van der Waals surface area contributed by atoms with Crippen molar-refractivity contribution in [2.75, 3.05) is 27.2 Å². The summed E-state index contributed by atoms with van der Waals surface area (Å²) in [4.78, 5) is 13.2. The van der Waals surface area contributed by atoms with E-state index in [1.165, 1.54) is 0 Å². The molecule has 2 aliphatic rings. The Morgan fingerprint density at radius 2 is 1.59 bits per heavy atom. The van der Waals surface area contributed by atoms with Crippen molar-refractivity contribution in [1.29, 1.82) is 0 Å². The molecular weight excluding hydrogens is 477 g/mol. The molecule has 1 atom stereocenters. The predicted molar refractivity (Wildman–Crippen MR) is 99.7 cm³/mol. The number of likely N-dealkylation sites (tertiary alicyclic amines) is 1. The average molecular weight is 500 g/mol. The monoisotopic (exact) mass is 499 g/mol. The van der Waals surface area contributed by atoms with E-state index in [4.69, 9.17) is 21.1 Å². The number of ether oxygens (including phenoxy) is 2. The zero-order chi connectivity index (χ0) is 18.4. The molecule has 144 valence electrons. The molecule has 0 saturated carbocycles. The lowest BCUT2D eigenvalue weighted by Crippen LogP contribution is -3.00. The van der Waals surface area contributed by atoms with Gasteiger partial charge in [0.05, 0.1) is 40.0 Å². The highest BCUT2D eigenvalue weighted by molar-refractivity contribution is 6.30. The van der Waals surface area contributed by atoms with E-state index < -0.39 is 11.4 Å². The maximum absolute atomic E-state index is 13.2. The van der Waals surface area contributed by atoms with Crippen molar-refractivity contribution in [3.05, 3.63) is 70.7 Å². The third-order valence-corrected chi connectivity index (χ3v) is 5.75. The van der Waals surface area contributed by atoms with Gasteiger partial charge < -0.3 is 37.9 Å². The Bertz CT molecular complexity index is 832. The topological polar surface area (TPSA) is 35.5 Å². The van der Waals surface area contributed by atoms with Crippen LogP contribution < -0.4 is 24.0 Å². The van der Waals surface area contributed by atoms with Gasteiger partial charge in [-0.15, -0.1) is 0 Å². The van der Waals surface area contributed by atoms with E-state index in [-0.39, 0.29) is 29.9 Å². The van der Waals surface area contributed by atoms with Crippen LogP contribution in [0.3, 0.4) is 0 Å². The van der Waals surface area contributed by atoms with Gasteiger partial charge in [0.15, 0.2) is 0 Å². The number of esters is 1. The summed E-state index contributed by atoms with van der Waals surface area (Å²) in [7, 11) is 4.37. The highest BCUT2D eigenvalue weighted by Crippen LogP contribution is 2.49. The van der Waals surface area contributed by atoms with Crippen LogP contribution in [-0.4, -0.2) is 43.4 Å². The molecule has 2 aromatic rings. The Morgan fingerprint density at radius 3 is 2.22 bits per heavy atom. The zero-order valence-corrected chi connectivity index (χ0v) is 18.4. The molecule has 4 rings (SSSR count). The van der Waals surface area contributed by atoms with E-state index in [1.54, 1.807) is 12.1 Å². The number of rotatable bonds is 2. The summed E-state index contributed by atoms with van der Waals surface area (Å²) in [6.07, 6.45) is 1.36. The first-order valence-corrected chi connectivity index (χ1v) is 9.30. The Morgan fingerprint density at radius 1 is 0.963 bits per heavy atom. The smallest absolute Gasteiger partial charge is 0.350 e. The molecule has 1 unspecified atom stereocenters. The van der Waals surface area contributed by atoms with Crippen molar-refractivity contribution in [2.45, 2.75) is 24.2 Å². The third-order valence-electron chi connectivity index (χ3n) is 5.51. The van der Waals surface area contributed by atoms with Gasteiger partial charge in [-0.05, 0) is 17.7 Å². The minimum atomic E-state index is -1.28. The van der Waals surface area contributed by atoms with Gasteiger partial charge in [0.2, 0.25) is 11.4 Å². The van der Waals surface area contributed by atoms with Gasteiger partial charge in [0, 0.05) is 10.6 Å². The van der Waals surface area contributed by atoms with Crippen molar-refractivity contribution in [1.82, 2.24) is 0 Å². The Kier molecular flexibility index (Phi) is 5.60. The molecule has 2 aromatic carbocycles. The van der Waals surface area contributed by atoms with Gasteiger partial charge in [-0.25, -0.2) is 4.79 Å². The number of nitrogens with zero attached hydrogens (tertiary/aromatic N) is 1. The number of hydrogen-bond acceptors (Lipinski definition) is 3. The van der Waals surface area contributed by atoms with Crippen LogP contribution >= 0.6 is 11.6 Å². The van der Waals surface area contributed by atoms with E-state index in [0.717, 1.165) is 23.1 Å². The molecule has 2 saturated heterocycles. The molecule has 0 amide bonds. The maximum Gasteiger partial charge on any atom is 0.350 e. The summed E-state index contributed by atoms with van der Waals surface area (Å²) in [6.45, 7) is 1.79. The van der Waals surface area contributed by atoms with E-state index in [2.05, 4.69) is 14.1 Å². The zero-order valence-electron chi connectivity index (χ0n) is 15.5. The van der Waals surface area contributed by atoms with Crippen LogP contribution in [0.5, 0.6) is 0 Å². The lowest BCUT2D eigenvalue weighted by Gasteiger charge is -2.41. The van der Waals surface area contributed by atoms with Crippen LogP contribution in [0.1, 0.15) is 24.0 Å². The lowest BCUT2D eigenvalue weighted by atomic mass is 9.86. The summed E-state index contributed by atoms with van der Waals surface area (Å²) >= 11 is 6.22. The van der Waals surface area contributed by atoms with Crippen LogP contribution in [0.15, 0.2) is 54.6 Å². The molecular formula is C21H23ClINO3. The van der Waals surface area contributed by atoms with Crippen molar-refractivity contribution in [2.24, 2.45) is 0 Å². The molecule has 0 aliphatic carbocycles. The molecule has 0 aromatic heterocycles. The maximum atomic E-state index is 13.2. The minimum absolute atomic E-state index is 0. The Hall–Kier alpha value is -1.15. The quantitative estimate of drug-likeness (QED) is 0.347. The van der Waals surface area contributed by atoms with Gasteiger partial charge in [-0.3, -0.25) is 0 Å². The largest absolute Gasteiger partial charge is 1.00 e. The van der Waals surface area contributed by atoms with Gasteiger partial charge in [-0.2, -0.15) is 0 Å². The Balaban J connectivity index is 0.00000210. The summed E-state index contributed by atoms with van der Waals surface area (Å²) < 4.78 is 13.4. The minimum Gasteiger partial charge on any atom is -1.00 e. The van der Waals surface area contributed by atoms with E-state index >= 15 is 0 Å². The summed E-state index contributed by atoms with van der Waals surface area (Å²) in [5, 5.41) is 0.566. The highest BCUT2D eigenvalue weighted by Gasteiger charge is 2.61. The van der Waals surface area contributed by atoms with Gasteiger partial charge in [-0.1, -0.05) is 54.1 Å². The van der Waals surface area contributed by atoms with Crippen LogP contribution in [-0.2, 0) is 19.9 Å². The first-order chi connectivity index (χ1) is 12.4. The van der Waals surface area contributed by atoms with E-state index in [1.807, 2.05) is 42.5 Å². The molecule has 0 radical (unpaired) electrons. The van der Waals surface area contributed by atoms with E-state index in [0.29, 0.717) is 23.4 Å². The third kappa shape index (κ3) is 3.62. The van der Waals surface area contributed by atoms with Gasteiger partial charge in [0.25, 0.3) is 0 Å².